The average Bonchev–Trinajstić information content (AvgIpc) is 0.953. The van der Waals surface area contributed by atoms with E-state index in [9.17, 15) is 80.5 Å². The van der Waals surface area contributed by atoms with Crippen LogP contribution in [0, 0.1) is 5.92 Å². The molecular formula is C64H116N2O23. The maximum atomic E-state index is 13.5. The molecule has 20 unspecified atom stereocenters. The summed E-state index contributed by atoms with van der Waals surface area (Å²) < 4.78 is 39.0. The quantitative estimate of drug-likeness (QED) is 0.0234. The summed E-state index contributed by atoms with van der Waals surface area (Å²) in [5.74, 6) is -6.82. The van der Waals surface area contributed by atoms with Crippen molar-refractivity contribution in [3.63, 3.8) is 0 Å². The number of carboxylic acid groups (broad SMARTS) is 1. The Kier molecular flexibility index (Phi) is 40.1. The summed E-state index contributed by atoms with van der Waals surface area (Å²) in [6.07, 6.45) is 5.12. The fourth-order valence-corrected chi connectivity index (χ4v) is 11.4. The highest BCUT2D eigenvalue weighted by atomic mass is 16.7. The molecule has 25 nitrogen and oxygen atoms in total. The Balaban J connectivity index is 1.64. The van der Waals surface area contributed by atoms with Crippen molar-refractivity contribution in [3.05, 3.63) is 12.2 Å². The number of carbonyl (C=O) groups excluding carboxylic acids is 3. The molecule has 3 aliphatic heterocycles. The maximum Gasteiger partial charge on any atom is 0.364 e. The summed E-state index contributed by atoms with van der Waals surface area (Å²) in [4.78, 5) is 51.3. The topological polar surface area (TPSA) is 400 Å². The molecule has 0 aromatic carbocycles. The van der Waals surface area contributed by atoms with Crippen LogP contribution in [0.2, 0.25) is 0 Å². The third kappa shape index (κ3) is 29.0. The summed E-state index contributed by atoms with van der Waals surface area (Å²) in [6.45, 7) is 5.55. The van der Waals surface area contributed by atoms with E-state index in [0.29, 0.717) is 12.8 Å². The van der Waals surface area contributed by atoms with Gasteiger partial charge in [-0.1, -0.05) is 193 Å². The number of unbranched alkanes of at least 4 members (excludes halogenated alkanes) is 23. The smallest absolute Gasteiger partial charge is 0.364 e. The number of aliphatic hydroxyl groups excluding tert-OH is 11. The second-order valence-electron chi connectivity index (χ2n) is 25.0. The predicted molar refractivity (Wildman–Crippen MR) is 326 cm³/mol. The van der Waals surface area contributed by atoms with Crippen molar-refractivity contribution in [2.75, 3.05) is 26.4 Å². The van der Waals surface area contributed by atoms with Gasteiger partial charge in [0.25, 0.3) is 5.79 Å². The van der Waals surface area contributed by atoms with E-state index in [1.54, 1.807) is 6.08 Å². The highest BCUT2D eigenvalue weighted by Crippen LogP contribution is 2.35. The minimum atomic E-state index is -2.98. The van der Waals surface area contributed by atoms with E-state index in [1.165, 1.54) is 122 Å². The molecule has 0 spiro atoms. The SMILES string of the molecule is CCCCCCCCCCCCCCCCCCCCC(O)C(=O)NC(COC1OC(COC2(C(=O)O)CC(O)C(NC(=O)COC3OC(C)C(OC(C)=O)C(O)C3O)C(C(O)C(O)CO)O2)C(O)C(O)C1O)C(O)C=CCCCCCCCCC(C)CC. The van der Waals surface area contributed by atoms with E-state index in [4.69, 9.17) is 33.2 Å². The third-order valence-corrected chi connectivity index (χ3v) is 17.4. The molecule has 3 saturated heterocycles. The van der Waals surface area contributed by atoms with Gasteiger partial charge in [0.05, 0.1) is 50.2 Å². The summed E-state index contributed by atoms with van der Waals surface area (Å²) in [5, 5.41) is 135. The molecule has 25 heteroatoms. The first-order valence-electron chi connectivity index (χ1n) is 33.5. The molecule has 520 valence electrons. The minimum absolute atomic E-state index is 0.166. The van der Waals surface area contributed by atoms with Crippen LogP contribution in [-0.4, -0.2) is 227 Å². The van der Waals surface area contributed by atoms with Gasteiger partial charge in [-0.2, -0.15) is 0 Å². The van der Waals surface area contributed by atoms with Gasteiger partial charge in [-0.15, -0.1) is 0 Å². The van der Waals surface area contributed by atoms with E-state index in [2.05, 4.69) is 31.4 Å². The number of hydrogen-bond acceptors (Lipinski definition) is 22. The molecular weight excluding hydrogens is 1160 g/mol. The van der Waals surface area contributed by atoms with E-state index >= 15 is 0 Å². The van der Waals surface area contributed by atoms with Gasteiger partial charge in [-0.3, -0.25) is 14.4 Å². The van der Waals surface area contributed by atoms with E-state index in [-0.39, 0.29) is 6.42 Å². The number of amides is 2. The molecule has 0 aromatic rings. The zero-order valence-electron chi connectivity index (χ0n) is 53.8. The summed E-state index contributed by atoms with van der Waals surface area (Å²) >= 11 is 0. The van der Waals surface area contributed by atoms with Gasteiger partial charge in [-0.25, -0.2) is 4.79 Å². The first-order valence-corrected chi connectivity index (χ1v) is 33.5. The number of allylic oxidation sites excluding steroid dienone is 1. The van der Waals surface area contributed by atoms with Gasteiger partial charge in [0, 0.05) is 13.3 Å². The number of esters is 1. The van der Waals surface area contributed by atoms with E-state index < -0.39 is 173 Å². The number of nitrogens with one attached hydrogen (secondary N) is 2. The molecule has 14 N–H and O–H groups in total. The third-order valence-electron chi connectivity index (χ3n) is 17.4. The van der Waals surface area contributed by atoms with Gasteiger partial charge in [0.15, 0.2) is 18.7 Å². The molecule has 3 aliphatic rings. The highest BCUT2D eigenvalue weighted by Gasteiger charge is 2.57. The number of hydrogen-bond donors (Lipinski definition) is 14. The van der Waals surface area contributed by atoms with E-state index in [0.717, 1.165) is 64.2 Å². The van der Waals surface area contributed by atoms with Crippen LogP contribution in [0.4, 0.5) is 0 Å². The van der Waals surface area contributed by atoms with Crippen molar-refractivity contribution in [2.45, 2.75) is 337 Å². The lowest BCUT2D eigenvalue weighted by Gasteiger charge is -2.47. The van der Waals surface area contributed by atoms with Crippen molar-refractivity contribution in [1.29, 1.82) is 0 Å². The standard InChI is InChI=1S/C64H116N2O23/c1-6-8-9-10-11-12-13-14-15-16-17-18-19-20-21-26-29-32-35-46(70)60(80)65-44(45(69)34-31-28-25-23-22-24-27-30-33-41(3)7-2)38-83-62-56(78)54(76)53(75)49(88-62)39-85-64(63(81)82)36-47(71)51(59(89-64)52(74)48(72)37-67)66-50(73)40-84-61-57(79)55(77)58(42(4)86-61)87-43(5)68/h31,34,41-42,44-49,51-59,61-62,67,69-72,74-79H,6-30,32-33,35-40H2,1-5H3,(H,65,80)(H,66,73)(H,81,82). The molecule has 0 aromatic heterocycles. The van der Waals surface area contributed by atoms with Crippen LogP contribution in [0.5, 0.6) is 0 Å². The highest BCUT2D eigenvalue weighted by molar-refractivity contribution is 5.81. The Morgan fingerprint density at radius 1 is 0.674 bits per heavy atom. The molecule has 2 amide bonds. The normalized spacial score (nSPS) is 29.5. The van der Waals surface area contributed by atoms with Crippen LogP contribution in [-0.2, 0) is 52.3 Å². The predicted octanol–water partition coefficient (Wildman–Crippen LogP) is 3.73. The van der Waals surface area contributed by atoms with Crippen molar-refractivity contribution in [2.24, 2.45) is 5.92 Å². The Labute approximate surface area is 527 Å². The van der Waals surface area contributed by atoms with Crippen LogP contribution in [0.15, 0.2) is 12.2 Å². The Morgan fingerprint density at radius 2 is 1.20 bits per heavy atom. The number of rotatable bonds is 48. The van der Waals surface area contributed by atoms with Gasteiger partial charge in [-0.05, 0) is 32.1 Å². The number of aliphatic carboxylic acids is 1. The van der Waals surface area contributed by atoms with Crippen LogP contribution >= 0.6 is 0 Å². The number of carboxylic acids is 1. The lowest BCUT2D eigenvalue weighted by Crippen LogP contribution is -2.69. The fourth-order valence-electron chi connectivity index (χ4n) is 11.4. The van der Waals surface area contributed by atoms with Crippen LogP contribution in [0.3, 0.4) is 0 Å². The Bertz CT molecular complexity index is 1960. The maximum absolute atomic E-state index is 13.5. The average molecular weight is 1280 g/mol. The Hall–Kier alpha value is -3.06. The molecule has 0 bridgehead atoms. The van der Waals surface area contributed by atoms with Crippen molar-refractivity contribution < 1.29 is 114 Å². The molecule has 20 atom stereocenters. The molecule has 3 rings (SSSR count). The lowest BCUT2D eigenvalue weighted by atomic mass is 9.88. The summed E-state index contributed by atoms with van der Waals surface area (Å²) in [5.41, 5.74) is 0. The molecule has 0 radical (unpaired) electrons. The van der Waals surface area contributed by atoms with Crippen LogP contribution in [0.1, 0.15) is 221 Å². The first-order chi connectivity index (χ1) is 42.5. The number of aliphatic hydroxyl groups is 11. The second kappa shape index (κ2) is 44.5. The van der Waals surface area contributed by atoms with Gasteiger partial charge in [0.2, 0.25) is 11.8 Å². The van der Waals surface area contributed by atoms with Crippen molar-refractivity contribution in [3.8, 4) is 0 Å². The molecule has 3 heterocycles. The van der Waals surface area contributed by atoms with E-state index in [1.807, 2.05) is 0 Å². The molecule has 0 saturated carbocycles. The lowest BCUT2D eigenvalue weighted by molar-refractivity contribution is -0.339. The molecule has 0 aliphatic carbocycles. The van der Waals surface area contributed by atoms with Gasteiger partial charge < -0.3 is 105 Å². The minimum Gasteiger partial charge on any atom is -0.477 e. The van der Waals surface area contributed by atoms with Crippen LogP contribution < -0.4 is 10.6 Å². The van der Waals surface area contributed by atoms with Crippen LogP contribution in [0.25, 0.3) is 0 Å². The summed E-state index contributed by atoms with van der Waals surface area (Å²) in [6, 6.07) is -3.02. The van der Waals surface area contributed by atoms with Crippen molar-refractivity contribution >= 4 is 23.8 Å². The molecule has 89 heavy (non-hydrogen) atoms. The monoisotopic (exact) mass is 1280 g/mol. The largest absolute Gasteiger partial charge is 0.477 e. The second-order valence-corrected chi connectivity index (χ2v) is 25.0. The van der Waals surface area contributed by atoms with Crippen molar-refractivity contribution in [1.82, 2.24) is 10.6 Å². The number of carbonyl (C=O) groups is 4. The van der Waals surface area contributed by atoms with Gasteiger partial charge in [0.1, 0.15) is 67.6 Å². The van der Waals surface area contributed by atoms with Gasteiger partial charge >= 0.3 is 11.9 Å². The zero-order chi connectivity index (χ0) is 65.9. The Morgan fingerprint density at radius 3 is 1.74 bits per heavy atom. The molecule has 3 fully saturated rings. The first kappa shape index (κ1) is 80.2. The zero-order valence-corrected chi connectivity index (χ0v) is 53.8. The number of ether oxygens (including phenoxy) is 7. The summed E-state index contributed by atoms with van der Waals surface area (Å²) in [7, 11) is 0. The fraction of sp³-hybridized carbons (Fsp3) is 0.906.